The number of nitrogens with zero attached hydrogens (tertiary/aromatic N) is 2. The molecule has 3 N–H and O–H groups in total. The van der Waals surface area contributed by atoms with Crippen molar-refractivity contribution < 1.29 is 27.3 Å². The van der Waals surface area contributed by atoms with Gasteiger partial charge in [0.15, 0.2) is 5.82 Å². The van der Waals surface area contributed by atoms with Crippen molar-refractivity contribution in [1.82, 2.24) is 15.5 Å². The number of para-hydroxylation sites is 2. The Bertz CT molecular complexity index is 953. The lowest BCUT2D eigenvalue weighted by molar-refractivity contribution is -0.121. The summed E-state index contributed by atoms with van der Waals surface area (Å²) in [6, 6.07) is 6.17. The van der Waals surface area contributed by atoms with Gasteiger partial charge in [0.05, 0.1) is 11.4 Å². The Morgan fingerprint density at radius 2 is 1.76 bits per heavy atom. The predicted molar refractivity (Wildman–Crippen MR) is 115 cm³/mol. The minimum Gasteiger partial charge on any atom is -0.375 e. The summed E-state index contributed by atoms with van der Waals surface area (Å²) in [5, 5.41) is 12.0. The maximum Gasteiger partial charge on any atom is 0.405 e. The summed E-state index contributed by atoms with van der Waals surface area (Å²) in [5.74, 6) is 0.108. The molecule has 2 aromatic rings. The van der Waals surface area contributed by atoms with E-state index in [0.717, 1.165) is 25.7 Å². The van der Waals surface area contributed by atoms with Crippen LogP contribution in [0.25, 0.3) is 0 Å². The van der Waals surface area contributed by atoms with Crippen LogP contribution in [0, 0.1) is 0 Å². The average Bonchev–Trinajstić information content (AvgIpc) is 3.11. The molecular formula is C22H28F3N5O3. The van der Waals surface area contributed by atoms with Gasteiger partial charge in [-0.3, -0.25) is 9.59 Å². The highest BCUT2D eigenvalue weighted by molar-refractivity contribution is 5.94. The number of hydrogen-bond donors (Lipinski definition) is 3. The summed E-state index contributed by atoms with van der Waals surface area (Å²) in [4.78, 5) is 28.6. The zero-order valence-electron chi connectivity index (χ0n) is 18.4. The van der Waals surface area contributed by atoms with E-state index in [0.29, 0.717) is 18.7 Å². The zero-order chi connectivity index (χ0) is 23.9. The van der Waals surface area contributed by atoms with Gasteiger partial charge in [-0.05, 0) is 25.0 Å². The Labute approximate surface area is 189 Å². The van der Waals surface area contributed by atoms with Crippen molar-refractivity contribution in [1.29, 1.82) is 0 Å². The maximum absolute atomic E-state index is 12.5. The van der Waals surface area contributed by atoms with Crippen LogP contribution in [0.2, 0.25) is 0 Å². The molecule has 0 bridgehead atoms. The second-order valence-corrected chi connectivity index (χ2v) is 8.25. The molecule has 0 spiro atoms. The van der Waals surface area contributed by atoms with Crippen LogP contribution in [-0.4, -0.2) is 34.7 Å². The van der Waals surface area contributed by atoms with E-state index in [9.17, 15) is 22.8 Å². The Morgan fingerprint density at radius 3 is 2.39 bits per heavy atom. The number of hydrogen-bond acceptors (Lipinski definition) is 6. The number of carbonyl (C=O) groups excluding carboxylic acids is 2. The summed E-state index contributed by atoms with van der Waals surface area (Å²) < 4.78 is 42.8. The molecular weight excluding hydrogens is 439 g/mol. The van der Waals surface area contributed by atoms with Gasteiger partial charge in [0.1, 0.15) is 12.1 Å². The van der Waals surface area contributed by atoms with E-state index in [1.165, 1.54) is 19.1 Å². The van der Waals surface area contributed by atoms with Crippen molar-refractivity contribution in [3.05, 3.63) is 36.0 Å². The molecule has 0 aliphatic heterocycles. The van der Waals surface area contributed by atoms with Gasteiger partial charge in [-0.15, -0.1) is 0 Å². The number of anilines is 2. The minimum absolute atomic E-state index is 0.00236. The molecule has 180 valence electrons. The van der Waals surface area contributed by atoms with Gasteiger partial charge in [-0.2, -0.15) is 18.2 Å². The fourth-order valence-electron chi connectivity index (χ4n) is 4.00. The first kappa shape index (κ1) is 24.5. The SMILES string of the molecule is CC(=O)NC1(c2noc(CCC(=O)Nc3ccccc3NCC(F)(F)F)n2)CCCCCC1. The maximum atomic E-state index is 12.5. The predicted octanol–water partition coefficient (Wildman–Crippen LogP) is 4.30. The van der Waals surface area contributed by atoms with Gasteiger partial charge in [0.25, 0.3) is 0 Å². The summed E-state index contributed by atoms with van der Waals surface area (Å²) in [6.45, 7) is 0.250. The van der Waals surface area contributed by atoms with Crippen molar-refractivity contribution in [2.45, 2.75) is 70.0 Å². The van der Waals surface area contributed by atoms with Crippen molar-refractivity contribution in [2.24, 2.45) is 0 Å². The third-order valence-corrected chi connectivity index (χ3v) is 5.51. The molecule has 1 aromatic carbocycles. The van der Waals surface area contributed by atoms with E-state index >= 15 is 0 Å². The first-order valence-corrected chi connectivity index (χ1v) is 11.0. The molecule has 8 nitrogen and oxygen atoms in total. The zero-order valence-corrected chi connectivity index (χ0v) is 18.4. The van der Waals surface area contributed by atoms with Crippen LogP contribution in [0.5, 0.6) is 0 Å². The van der Waals surface area contributed by atoms with Crippen LogP contribution < -0.4 is 16.0 Å². The molecule has 0 radical (unpaired) electrons. The summed E-state index contributed by atoms with van der Waals surface area (Å²) >= 11 is 0. The fraction of sp³-hybridized carbons (Fsp3) is 0.545. The molecule has 1 aromatic heterocycles. The Balaban J connectivity index is 1.61. The van der Waals surface area contributed by atoms with Gasteiger partial charge in [0.2, 0.25) is 17.7 Å². The first-order valence-electron chi connectivity index (χ1n) is 11.0. The highest BCUT2D eigenvalue weighted by atomic mass is 19.4. The van der Waals surface area contributed by atoms with E-state index in [-0.39, 0.29) is 36.0 Å². The van der Waals surface area contributed by atoms with Crippen LogP contribution in [-0.2, 0) is 21.5 Å². The van der Waals surface area contributed by atoms with Crippen LogP contribution >= 0.6 is 0 Å². The Hall–Kier alpha value is -3.11. The molecule has 11 heteroatoms. The molecule has 1 fully saturated rings. The van der Waals surface area contributed by atoms with Crippen LogP contribution in [0.1, 0.15) is 63.6 Å². The van der Waals surface area contributed by atoms with E-state index in [4.69, 9.17) is 4.52 Å². The molecule has 33 heavy (non-hydrogen) atoms. The minimum atomic E-state index is -4.38. The van der Waals surface area contributed by atoms with Crippen LogP contribution in [0.15, 0.2) is 28.8 Å². The average molecular weight is 467 g/mol. The van der Waals surface area contributed by atoms with Gasteiger partial charge >= 0.3 is 6.18 Å². The highest BCUT2D eigenvalue weighted by Gasteiger charge is 2.38. The Kier molecular flexibility index (Phi) is 7.93. The number of aromatic nitrogens is 2. The van der Waals surface area contributed by atoms with Crippen LogP contribution in [0.3, 0.4) is 0 Å². The molecule has 1 heterocycles. The largest absolute Gasteiger partial charge is 0.405 e. The number of alkyl halides is 3. The number of aryl methyl sites for hydroxylation is 1. The van der Waals surface area contributed by atoms with Crippen molar-refractivity contribution in [2.75, 3.05) is 17.2 Å². The fourth-order valence-corrected chi connectivity index (χ4v) is 4.00. The molecule has 1 aliphatic rings. The van der Waals surface area contributed by atoms with Crippen molar-refractivity contribution in [3.63, 3.8) is 0 Å². The molecule has 1 aliphatic carbocycles. The number of benzene rings is 1. The quantitative estimate of drug-likeness (QED) is 0.500. The van der Waals surface area contributed by atoms with Crippen molar-refractivity contribution >= 4 is 23.2 Å². The lowest BCUT2D eigenvalue weighted by Gasteiger charge is -2.30. The normalized spacial score (nSPS) is 16.0. The number of nitrogens with one attached hydrogen (secondary N) is 3. The molecule has 3 rings (SSSR count). The lowest BCUT2D eigenvalue weighted by atomic mass is 9.89. The lowest BCUT2D eigenvalue weighted by Crippen LogP contribution is -2.45. The molecule has 0 atom stereocenters. The third-order valence-electron chi connectivity index (χ3n) is 5.51. The van der Waals surface area contributed by atoms with Gasteiger partial charge in [-0.1, -0.05) is 43.0 Å². The summed E-state index contributed by atoms with van der Waals surface area (Å²) in [5.41, 5.74) is -0.245. The topological polar surface area (TPSA) is 109 Å². The summed E-state index contributed by atoms with van der Waals surface area (Å²) in [6.07, 6.45) is 1.25. The van der Waals surface area contributed by atoms with Gasteiger partial charge in [0, 0.05) is 19.8 Å². The highest BCUT2D eigenvalue weighted by Crippen LogP contribution is 2.34. The molecule has 0 unspecified atom stereocenters. The van der Waals surface area contributed by atoms with E-state index in [2.05, 4.69) is 26.1 Å². The molecule has 1 saturated carbocycles. The monoisotopic (exact) mass is 467 g/mol. The number of halogens is 3. The van der Waals surface area contributed by atoms with E-state index in [1.807, 2.05) is 0 Å². The Morgan fingerprint density at radius 1 is 1.09 bits per heavy atom. The second kappa shape index (κ2) is 10.7. The first-order chi connectivity index (χ1) is 15.7. The number of carbonyl (C=O) groups is 2. The van der Waals surface area contributed by atoms with E-state index in [1.54, 1.807) is 12.1 Å². The van der Waals surface area contributed by atoms with E-state index < -0.39 is 24.2 Å². The second-order valence-electron chi connectivity index (χ2n) is 8.25. The number of rotatable bonds is 8. The smallest absolute Gasteiger partial charge is 0.375 e. The van der Waals surface area contributed by atoms with Crippen molar-refractivity contribution in [3.8, 4) is 0 Å². The van der Waals surface area contributed by atoms with Gasteiger partial charge < -0.3 is 20.5 Å². The molecule has 0 saturated heterocycles. The standard InChI is InChI=1S/C22H28F3N5O3/c1-15(31)29-21(12-6-2-3-7-13-21)20-28-19(33-30-20)11-10-18(32)27-17-9-5-4-8-16(17)26-14-22(23,24)25/h4-5,8-9,26H,2-3,6-7,10-14H2,1H3,(H,27,32)(H,29,31). The third kappa shape index (κ3) is 7.19. The van der Waals surface area contributed by atoms with Gasteiger partial charge in [-0.25, -0.2) is 0 Å². The van der Waals surface area contributed by atoms with Crippen LogP contribution in [0.4, 0.5) is 24.5 Å². The summed E-state index contributed by atoms with van der Waals surface area (Å²) in [7, 11) is 0. The number of amides is 2. The molecule has 2 amide bonds.